The first-order valence-corrected chi connectivity index (χ1v) is 5.90. The third kappa shape index (κ3) is 2.99. The van der Waals surface area contributed by atoms with Crippen LogP contribution in [0.15, 0.2) is 42.5 Å². The topological polar surface area (TPSA) is 50.1 Å². The van der Waals surface area contributed by atoms with Crippen LogP contribution in [0.2, 0.25) is 0 Å². The van der Waals surface area contributed by atoms with E-state index in [9.17, 15) is 4.79 Å². The van der Waals surface area contributed by atoms with Crippen molar-refractivity contribution in [2.75, 3.05) is 0 Å². The van der Waals surface area contributed by atoms with E-state index in [1.165, 1.54) is 0 Å². The van der Waals surface area contributed by atoms with Gasteiger partial charge in [0.1, 0.15) is 11.8 Å². The molecule has 0 saturated carbocycles. The van der Waals surface area contributed by atoms with Gasteiger partial charge in [0.25, 0.3) is 0 Å². The molecule has 0 aromatic heterocycles. The minimum absolute atomic E-state index is 0.286. The third-order valence-corrected chi connectivity index (χ3v) is 2.67. The molecule has 2 aromatic rings. The van der Waals surface area contributed by atoms with Crippen molar-refractivity contribution in [3.8, 4) is 11.8 Å². The maximum Gasteiger partial charge on any atom is 0.343 e. The zero-order valence-electron chi connectivity index (χ0n) is 10.8. The Morgan fingerprint density at radius 1 is 1.11 bits per heavy atom. The smallest absolute Gasteiger partial charge is 0.343 e. The van der Waals surface area contributed by atoms with Crippen LogP contribution < -0.4 is 4.74 Å². The van der Waals surface area contributed by atoms with E-state index in [-0.39, 0.29) is 5.75 Å². The van der Waals surface area contributed by atoms with Crippen LogP contribution in [-0.2, 0) is 0 Å². The average Bonchev–Trinajstić information content (AvgIpc) is 2.38. The standard InChI is InChI=1S/C16H13NO2/c1-11-7-12(2)9-14(8-11)16(18)19-15-6-4-3-5-13(15)10-17/h3-9H,1-2H3. The number of nitrogens with zero attached hydrogens (tertiary/aromatic N) is 1. The zero-order valence-corrected chi connectivity index (χ0v) is 10.8. The molecule has 0 fully saturated rings. The lowest BCUT2D eigenvalue weighted by Crippen LogP contribution is -2.09. The number of nitriles is 1. The Bertz CT molecular complexity index is 648. The molecule has 3 nitrogen and oxygen atoms in total. The number of aryl methyl sites for hydroxylation is 2. The fourth-order valence-electron chi connectivity index (χ4n) is 1.90. The van der Waals surface area contributed by atoms with Gasteiger partial charge in [0.2, 0.25) is 0 Å². The number of esters is 1. The van der Waals surface area contributed by atoms with Gasteiger partial charge in [-0.05, 0) is 38.1 Å². The molecule has 0 bridgehead atoms. The predicted octanol–water partition coefficient (Wildman–Crippen LogP) is 3.39. The van der Waals surface area contributed by atoms with E-state index in [0.717, 1.165) is 11.1 Å². The molecule has 0 heterocycles. The Balaban J connectivity index is 2.29. The third-order valence-electron chi connectivity index (χ3n) is 2.67. The van der Waals surface area contributed by atoms with Crippen molar-refractivity contribution in [3.63, 3.8) is 0 Å². The summed E-state index contributed by atoms with van der Waals surface area (Å²) in [4.78, 5) is 12.1. The van der Waals surface area contributed by atoms with Gasteiger partial charge in [-0.1, -0.05) is 29.3 Å². The van der Waals surface area contributed by atoms with Crippen LogP contribution in [0.3, 0.4) is 0 Å². The molecule has 19 heavy (non-hydrogen) atoms. The molecular formula is C16H13NO2. The van der Waals surface area contributed by atoms with Crippen LogP contribution >= 0.6 is 0 Å². The molecule has 0 aliphatic heterocycles. The summed E-state index contributed by atoms with van der Waals surface area (Å²) in [6.07, 6.45) is 0. The van der Waals surface area contributed by atoms with Gasteiger partial charge in [-0.15, -0.1) is 0 Å². The Morgan fingerprint density at radius 3 is 2.37 bits per heavy atom. The van der Waals surface area contributed by atoms with Gasteiger partial charge in [-0.25, -0.2) is 4.79 Å². The van der Waals surface area contributed by atoms with Crippen molar-refractivity contribution in [1.29, 1.82) is 5.26 Å². The largest absolute Gasteiger partial charge is 0.422 e. The molecule has 0 atom stereocenters. The molecule has 3 heteroatoms. The summed E-state index contributed by atoms with van der Waals surface area (Å²) in [6.45, 7) is 3.85. The lowest BCUT2D eigenvalue weighted by Gasteiger charge is -2.07. The molecule has 0 saturated heterocycles. The first kappa shape index (κ1) is 12.8. The lowest BCUT2D eigenvalue weighted by molar-refractivity contribution is 0.0734. The van der Waals surface area contributed by atoms with Gasteiger partial charge in [0.15, 0.2) is 0 Å². The van der Waals surface area contributed by atoms with Gasteiger partial charge < -0.3 is 4.74 Å². The van der Waals surface area contributed by atoms with E-state index in [1.807, 2.05) is 26.0 Å². The maximum absolute atomic E-state index is 12.1. The molecule has 0 spiro atoms. The summed E-state index contributed by atoms with van der Waals surface area (Å²) in [5.41, 5.74) is 2.84. The number of carbonyl (C=O) groups is 1. The SMILES string of the molecule is Cc1cc(C)cc(C(=O)Oc2ccccc2C#N)c1. The highest BCUT2D eigenvalue weighted by Crippen LogP contribution is 2.19. The van der Waals surface area contributed by atoms with Crippen molar-refractivity contribution in [3.05, 3.63) is 64.7 Å². The molecule has 0 aliphatic carbocycles. The number of carbonyl (C=O) groups excluding carboxylic acids is 1. The number of para-hydroxylation sites is 1. The Hall–Kier alpha value is -2.60. The predicted molar refractivity (Wildman–Crippen MR) is 72.0 cm³/mol. The van der Waals surface area contributed by atoms with Crippen LogP contribution in [0, 0.1) is 25.2 Å². The fraction of sp³-hybridized carbons (Fsp3) is 0.125. The van der Waals surface area contributed by atoms with Crippen molar-refractivity contribution < 1.29 is 9.53 Å². The van der Waals surface area contributed by atoms with Crippen molar-refractivity contribution in [2.45, 2.75) is 13.8 Å². The van der Waals surface area contributed by atoms with Crippen molar-refractivity contribution >= 4 is 5.97 Å². The molecule has 0 amide bonds. The van der Waals surface area contributed by atoms with E-state index in [2.05, 4.69) is 0 Å². The summed E-state index contributed by atoms with van der Waals surface area (Å²) in [5.74, 6) is -0.163. The average molecular weight is 251 g/mol. The minimum Gasteiger partial charge on any atom is -0.422 e. The van der Waals surface area contributed by atoms with Crippen LogP contribution in [0.25, 0.3) is 0 Å². The Labute approximate surface area is 112 Å². The Morgan fingerprint density at radius 2 is 1.74 bits per heavy atom. The molecule has 94 valence electrons. The van der Waals surface area contributed by atoms with Crippen LogP contribution in [-0.4, -0.2) is 5.97 Å². The highest BCUT2D eigenvalue weighted by Gasteiger charge is 2.11. The highest BCUT2D eigenvalue weighted by atomic mass is 16.5. The molecule has 2 aromatic carbocycles. The van der Waals surface area contributed by atoms with Crippen molar-refractivity contribution in [2.24, 2.45) is 0 Å². The summed E-state index contributed by atoms with van der Waals surface area (Å²) in [7, 11) is 0. The lowest BCUT2D eigenvalue weighted by atomic mass is 10.1. The molecule has 0 aliphatic rings. The fourth-order valence-corrected chi connectivity index (χ4v) is 1.90. The molecule has 2 rings (SSSR count). The first-order valence-electron chi connectivity index (χ1n) is 5.90. The van der Waals surface area contributed by atoms with Gasteiger partial charge in [0.05, 0.1) is 11.1 Å². The molecule has 0 N–H and O–H groups in total. The second-order valence-electron chi connectivity index (χ2n) is 4.37. The highest BCUT2D eigenvalue weighted by molar-refractivity contribution is 5.91. The quantitative estimate of drug-likeness (QED) is 0.607. The number of benzene rings is 2. The normalized spacial score (nSPS) is 9.74. The summed E-state index contributed by atoms with van der Waals surface area (Å²) in [5, 5.41) is 8.95. The summed E-state index contributed by atoms with van der Waals surface area (Å²) < 4.78 is 5.27. The summed E-state index contributed by atoms with van der Waals surface area (Å²) >= 11 is 0. The molecule has 0 unspecified atom stereocenters. The maximum atomic E-state index is 12.1. The second-order valence-corrected chi connectivity index (χ2v) is 4.37. The van der Waals surface area contributed by atoms with Crippen molar-refractivity contribution in [1.82, 2.24) is 0 Å². The van der Waals surface area contributed by atoms with E-state index in [1.54, 1.807) is 36.4 Å². The summed E-state index contributed by atoms with van der Waals surface area (Å²) in [6, 6.07) is 14.2. The van der Waals surface area contributed by atoms with Gasteiger partial charge >= 0.3 is 5.97 Å². The number of ether oxygens (including phenoxy) is 1. The number of hydrogen-bond donors (Lipinski definition) is 0. The van der Waals surface area contributed by atoms with Crippen LogP contribution in [0.1, 0.15) is 27.0 Å². The molecule has 0 radical (unpaired) electrons. The first-order chi connectivity index (χ1) is 9.10. The molecular weight excluding hydrogens is 238 g/mol. The second kappa shape index (κ2) is 5.36. The van der Waals surface area contributed by atoms with Gasteiger partial charge in [-0.3, -0.25) is 0 Å². The van der Waals surface area contributed by atoms with Gasteiger partial charge in [-0.2, -0.15) is 5.26 Å². The van der Waals surface area contributed by atoms with Crippen LogP contribution in [0.4, 0.5) is 0 Å². The zero-order chi connectivity index (χ0) is 13.8. The Kier molecular flexibility index (Phi) is 3.63. The van der Waals surface area contributed by atoms with E-state index < -0.39 is 5.97 Å². The number of rotatable bonds is 2. The van der Waals surface area contributed by atoms with E-state index >= 15 is 0 Å². The van der Waals surface area contributed by atoms with E-state index in [4.69, 9.17) is 10.00 Å². The number of hydrogen-bond acceptors (Lipinski definition) is 3. The monoisotopic (exact) mass is 251 g/mol. The van der Waals surface area contributed by atoms with Crippen LogP contribution in [0.5, 0.6) is 5.75 Å². The van der Waals surface area contributed by atoms with Gasteiger partial charge in [0, 0.05) is 0 Å². The van der Waals surface area contributed by atoms with E-state index in [0.29, 0.717) is 11.1 Å². The minimum atomic E-state index is -0.450.